The first kappa shape index (κ1) is 50.7. The zero-order valence-corrected chi connectivity index (χ0v) is 40.0. The van der Waals surface area contributed by atoms with Crippen LogP contribution >= 0.6 is 0 Å². The third-order valence-corrected chi connectivity index (χ3v) is 11.7. The van der Waals surface area contributed by atoms with Gasteiger partial charge in [-0.2, -0.15) is 26.3 Å². The SMILES string of the molecule is C=C(C)C(=O)OCC(F)(F)C(F)(F)C(F)(F)COC(C(C)(C)CC(C)(C)Oc1ccc2cc(-c3ccc(C)cc3)oc2c1)C(C)(C)CC(C)(C)Oc1ccc2cc(-c3ccc(C)cc3)oc2c1. The summed E-state index contributed by atoms with van der Waals surface area (Å²) in [5.74, 6) is -16.1. The van der Waals surface area contributed by atoms with Crippen molar-refractivity contribution in [1.29, 1.82) is 0 Å². The van der Waals surface area contributed by atoms with Gasteiger partial charge in [0.15, 0.2) is 6.61 Å². The van der Waals surface area contributed by atoms with Crippen LogP contribution in [0.2, 0.25) is 0 Å². The highest BCUT2D eigenvalue weighted by molar-refractivity contribution is 5.87. The third kappa shape index (κ3) is 11.7. The molecule has 0 aliphatic carbocycles. The molecule has 4 aromatic carbocycles. The van der Waals surface area contributed by atoms with Crippen molar-refractivity contribution in [2.24, 2.45) is 10.8 Å². The molecule has 2 heterocycles. The Kier molecular flexibility index (Phi) is 13.9. The van der Waals surface area contributed by atoms with Crippen LogP contribution < -0.4 is 9.47 Å². The molecule has 2 aromatic heterocycles. The number of hydrogen-bond acceptors (Lipinski definition) is 7. The maximum absolute atomic E-state index is 15.7. The summed E-state index contributed by atoms with van der Waals surface area (Å²) in [6.45, 7) is 18.0. The van der Waals surface area contributed by atoms with E-state index in [0.717, 1.165) is 39.9 Å². The predicted molar refractivity (Wildman–Crippen MR) is 249 cm³/mol. The van der Waals surface area contributed by atoms with Gasteiger partial charge in [0.1, 0.15) is 52.0 Å². The first-order chi connectivity index (χ1) is 30.9. The van der Waals surface area contributed by atoms with Crippen molar-refractivity contribution >= 4 is 27.9 Å². The molecule has 6 rings (SSSR count). The van der Waals surface area contributed by atoms with Crippen LogP contribution in [0.4, 0.5) is 26.3 Å². The number of halogens is 6. The number of esters is 1. The Bertz CT molecular complexity index is 2550. The standard InChI is InChI=1S/C54H60F6O7/c1-33(2)46(61)62-31-52(55,56)54(59,60)53(57,58)32-63-47(48(5,6)29-50(9,10)66-40-23-21-38-25-42(64-44(38)27-40)36-17-13-34(3)14-18-36)49(7,8)30-51(11,12)67-41-24-22-39-26-43(65-45(39)28-41)37-19-15-35(4)16-20-37/h13-28,47H,1,29-32H2,2-12H3. The second-order valence-corrected chi connectivity index (χ2v) is 20.4. The summed E-state index contributed by atoms with van der Waals surface area (Å²) in [4.78, 5) is 11.8. The van der Waals surface area contributed by atoms with Gasteiger partial charge >= 0.3 is 23.7 Å². The zero-order chi connectivity index (χ0) is 49.5. The van der Waals surface area contributed by atoms with Gasteiger partial charge in [-0.3, -0.25) is 0 Å². The Morgan fingerprint density at radius 1 is 0.582 bits per heavy atom. The molecule has 0 spiro atoms. The average molecular weight is 935 g/mol. The van der Waals surface area contributed by atoms with E-state index in [0.29, 0.717) is 34.2 Å². The smallest absolute Gasteiger partial charge is 0.377 e. The van der Waals surface area contributed by atoms with Crippen LogP contribution in [0.25, 0.3) is 44.6 Å². The molecule has 0 saturated heterocycles. The van der Waals surface area contributed by atoms with Crippen molar-refractivity contribution in [2.75, 3.05) is 13.2 Å². The Morgan fingerprint density at radius 2 is 0.970 bits per heavy atom. The molecule has 0 unspecified atom stereocenters. The summed E-state index contributed by atoms with van der Waals surface area (Å²) in [6, 6.07) is 30.4. The molecule has 0 amide bonds. The number of fused-ring (bicyclic) bond motifs is 2. The lowest BCUT2D eigenvalue weighted by molar-refractivity contribution is -0.333. The number of benzene rings is 4. The third-order valence-electron chi connectivity index (χ3n) is 11.7. The molecule has 0 bridgehead atoms. The number of carbonyl (C=O) groups is 1. The zero-order valence-electron chi connectivity index (χ0n) is 40.0. The highest BCUT2D eigenvalue weighted by Gasteiger charge is 2.72. The van der Waals surface area contributed by atoms with Crippen LogP contribution in [0.5, 0.6) is 11.5 Å². The van der Waals surface area contributed by atoms with E-state index in [1.54, 1.807) is 79.7 Å². The van der Waals surface area contributed by atoms with Crippen molar-refractivity contribution in [3.8, 4) is 34.1 Å². The van der Waals surface area contributed by atoms with Gasteiger partial charge < -0.3 is 27.8 Å². The van der Waals surface area contributed by atoms with Gasteiger partial charge in [-0.1, -0.05) is 93.9 Å². The molecule has 360 valence electrons. The van der Waals surface area contributed by atoms with E-state index in [9.17, 15) is 13.6 Å². The molecule has 0 radical (unpaired) electrons. The fraction of sp³-hybridized carbons (Fsp3) is 0.426. The van der Waals surface area contributed by atoms with Crippen molar-refractivity contribution in [3.63, 3.8) is 0 Å². The maximum Gasteiger partial charge on any atom is 0.377 e. The highest BCUT2D eigenvalue weighted by atomic mass is 19.3. The van der Waals surface area contributed by atoms with Gasteiger partial charge in [0.05, 0.1) is 6.10 Å². The molecular formula is C54H60F6O7. The van der Waals surface area contributed by atoms with Crippen molar-refractivity contribution in [3.05, 3.63) is 120 Å². The predicted octanol–water partition coefficient (Wildman–Crippen LogP) is 15.4. The van der Waals surface area contributed by atoms with E-state index in [1.165, 1.54) is 0 Å². The minimum Gasteiger partial charge on any atom is -0.488 e. The Labute approximate surface area is 388 Å². The van der Waals surface area contributed by atoms with Crippen LogP contribution in [0.15, 0.2) is 118 Å². The number of hydrogen-bond donors (Lipinski definition) is 0. The molecule has 0 atom stereocenters. The minimum atomic E-state index is -5.99. The first-order valence-corrected chi connectivity index (χ1v) is 22.1. The number of furan rings is 2. The molecule has 0 aliphatic rings. The largest absolute Gasteiger partial charge is 0.488 e. The molecule has 0 N–H and O–H groups in total. The summed E-state index contributed by atoms with van der Waals surface area (Å²) >= 11 is 0. The summed E-state index contributed by atoms with van der Waals surface area (Å²) in [7, 11) is 0. The topological polar surface area (TPSA) is 80.3 Å². The second kappa shape index (κ2) is 18.4. The van der Waals surface area contributed by atoms with E-state index in [4.69, 9.17) is 23.0 Å². The average Bonchev–Trinajstić information content (AvgIpc) is 3.83. The van der Waals surface area contributed by atoms with E-state index < -0.39 is 65.1 Å². The fourth-order valence-corrected chi connectivity index (χ4v) is 9.39. The van der Waals surface area contributed by atoms with Gasteiger partial charge in [-0.15, -0.1) is 0 Å². The summed E-state index contributed by atoms with van der Waals surface area (Å²) in [5, 5.41) is 1.68. The van der Waals surface area contributed by atoms with Crippen LogP contribution in [0, 0.1) is 24.7 Å². The molecule has 0 saturated carbocycles. The van der Waals surface area contributed by atoms with Gasteiger partial charge in [0.2, 0.25) is 0 Å². The number of carbonyl (C=O) groups excluding carboxylic acids is 1. The van der Waals surface area contributed by atoms with Crippen LogP contribution in [-0.4, -0.2) is 54.3 Å². The number of ether oxygens (including phenoxy) is 4. The Balaban J connectivity index is 1.26. The molecule has 67 heavy (non-hydrogen) atoms. The first-order valence-electron chi connectivity index (χ1n) is 22.1. The summed E-state index contributed by atoms with van der Waals surface area (Å²) < 4.78 is 127. The fourth-order valence-electron chi connectivity index (χ4n) is 9.39. The maximum atomic E-state index is 15.7. The minimum absolute atomic E-state index is 0.105. The van der Waals surface area contributed by atoms with Gasteiger partial charge in [-0.05, 0) is 109 Å². The van der Waals surface area contributed by atoms with E-state index >= 15 is 17.6 Å². The van der Waals surface area contributed by atoms with E-state index in [2.05, 4.69) is 11.3 Å². The van der Waals surface area contributed by atoms with Crippen LogP contribution in [0.1, 0.15) is 86.3 Å². The molecule has 0 fully saturated rings. The summed E-state index contributed by atoms with van der Waals surface area (Å²) in [6.07, 6.45) is -1.10. The lowest BCUT2D eigenvalue weighted by Gasteiger charge is -2.49. The van der Waals surface area contributed by atoms with Gasteiger partial charge in [-0.25, -0.2) is 4.79 Å². The van der Waals surface area contributed by atoms with Gasteiger partial charge in [0.25, 0.3) is 0 Å². The lowest BCUT2D eigenvalue weighted by Crippen LogP contribution is -2.59. The van der Waals surface area contributed by atoms with Crippen molar-refractivity contribution < 1.29 is 58.9 Å². The highest BCUT2D eigenvalue weighted by Crippen LogP contribution is 2.50. The second-order valence-electron chi connectivity index (χ2n) is 20.4. The number of aryl methyl sites for hydroxylation is 2. The Hall–Kier alpha value is -5.69. The van der Waals surface area contributed by atoms with Crippen molar-refractivity contribution in [1.82, 2.24) is 0 Å². The lowest BCUT2D eigenvalue weighted by atomic mass is 9.64. The molecule has 13 heteroatoms. The molecule has 6 aromatic rings. The molecule has 0 aliphatic heterocycles. The quantitative estimate of drug-likeness (QED) is 0.0428. The monoisotopic (exact) mass is 934 g/mol. The normalized spacial score (nSPS) is 13.4. The Morgan fingerprint density at radius 3 is 1.36 bits per heavy atom. The van der Waals surface area contributed by atoms with Gasteiger partial charge in [0, 0.05) is 39.6 Å². The van der Waals surface area contributed by atoms with Crippen molar-refractivity contribution in [2.45, 2.75) is 124 Å². The number of rotatable bonds is 20. The van der Waals surface area contributed by atoms with Crippen LogP contribution in [-0.2, 0) is 14.3 Å². The summed E-state index contributed by atoms with van der Waals surface area (Å²) in [5.41, 5.74) is 0.362. The van der Waals surface area contributed by atoms with E-state index in [1.807, 2.05) is 86.6 Å². The molecular weight excluding hydrogens is 875 g/mol. The van der Waals surface area contributed by atoms with Crippen LogP contribution in [0.3, 0.4) is 0 Å². The van der Waals surface area contributed by atoms with E-state index in [-0.39, 0.29) is 18.4 Å². The molecule has 7 nitrogen and oxygen atoms in total. The number of alkyl halides is 6.